The summed E-state index contributed by atoms with van der Waals surface area (Å²) in [6.45, 7) is 4.42. The molecular weight excluding hydrogens is 320 g/mol. The lowest BCUT2D eigenvalue weighted by Gasteiger charge is -2.19. The van der Waals surface area contributed by atoms with Crippen molar-refractivity contribution >= 4 is 12.0 Å². The summed E-state index contributed by atoms with van der Waals surface area (Å²) in [5.41, 5.74) is 0.889. The maximum Gasteiger partial charge on any atom is 0.408 e. The van der Waals surface area contributed by atoms with Gasteiger partial charge in [-0.25, -0.2) is 4.79 Å². The first-order chi connectivity index (χ1) is 12.0. The largest absolute Gasteiger partial charge is 0.467 e. The summed E-state index contributed by atoms with van der Waals surface area (Å²) in [6, 6.07) is 12.3. The zero-order valence-corrected chi connectivity index (χ0v) is 14.5. The van der Waals surface area contributed by atoms with Crippen molar-refractivity contribution in [3.05, 3.63) is 60.1 Å². The third-order valence-corrected chi connectivity index (χ3v) is 3.55. The van der Waals surface area contributed by atoms with E-state index in [1.807, 2.05) is 44.2 Å². The number of carbonyl (C=O) groups excluding carboxylic acids is 2. The molecule has 134 valence electrons. The minimum Gasteiger partial charge on any atom is -0.467 e. The predicted octanol–water partition coefficient (Wildman–Crippen LogP) is 3.24. The maximum absolute atomic E-state index is 12.4. The highest BCUT2D eigenvalue weighted by atomic mass is 16.5. The van der Waals surface area contributed by atoms with Gasteiger partial charge in [-0.3, -0.25) is 4.79 Å². The second-order valence-electron chi connectivity index (χ2n) is 6.19. The average molecular weight is 344 g/mol. The number of carbonyl (C=O) groups is 2. The summed E-state index contributed by atoms with van der Waals surface area (Å²) >= 11 is 0. The Morgan fingerprint density at radius 2 is 1.88 bits per heavy atom. The Hall–Kier alpha value is -2.76. The zero-order chi connectivity index (χ0) is 18.1. The first-order valence-electron chi connectivity index (χ1n) is 8.32. The molecule has 0 unspecified atom stereocenters. The lowest BCUT2D eigenvalue weighted by atomic mass is 10.0. The number of hydrogen-bond acceptors (Lipinski definition) is 4. The summed E-state index contributed by atoms with van der Waals surface area (Å²) in [7, 11) is 0. The molecule has 2 rings (SSSR count). The predicted molar refractivity (Wildman–Crippen MR) is 93.6 cm³/mol. The minimum absolute atomic E-state index is 0.162. The molecule has 0 aliphatic carbocycles. The molecule has 0 saturated carbocycles. The van der Waals surface area contributed by atoms with Crippen molar-refractivity contribution in [2.75, 3.05) is 0 Å². The van der Waals surface area contributed by atoms with E-state index in [1.54, 1.807) is 18.4 Å². The SMILES string of the molecule is CC(C)C[C@H](NC(=O)OCc1ccccc1)C(=O)NCc1ccco1. The van der Waals surface area contributed by atoms with Gasteiger partial charge in [-0.1, -0.05) is 44.2 Å². The molecule has 0 aliphatic heterocycles. The second kappa shape index (κ2) is 9.52. The molecule has 1 aromatic carbocycles. The molecule has 6 heteroatoms. The van der Waals surface area contributed by atoms with Crippen molar-refractivity contribution in [2.24, 2.45) is 5.92 Å². The molecule has 0 spiro atoms. The van der Waals surface area contributed by atoms with E-state index in [9.17, 15) is 9.59 Å². The van der Waals surface area contributed by atoms with Crippen LogP contribution in [0.15, 0.2) is 53.1 Å². The van der Waals surface area contributed by atoms with Gasteiger partial charge in [0.25, 0.3) is 0 Å². The number of nitrogens with one attached hydrogen (secondary N) is 2. The lowest BCUT2D eigenvalue weighted by Crippen LogP contribution is -2.47. The highest BCUT2D eigenvalue weighted by molar-refractivity contribution is 5.85. The topological polar surface area (TPSA) is 80.6 Å². The quantitative estimate of drug-likeness (QED) is 0.770. The van der Waals surface area contributed by atoms with Crippen LogP contribution in [0.1, 0.15) is 31.6 Å². The van der Waals surface area contributed by atoms with Gasteiger partial charge in [-0.2, -0.15) is 0 Å². The van der Waals surface area contributed by atoms with Gasteiger partial charge in [-0.15, -0.1) is 0 Å². The number of rotatable bonds is 8. The molecule has 0 aliphatic rings. The molecule has 1 heterocycles. The van der Waals surface area contributed by atoms with Gasteiger partial charge in [0.05, 0.1) is 12.8 Å². The number of alkyl carbamates (subject to hydrolysis) is 1. The van der Waals surface area contributed by atoms with E-state index in [4.69, 9.17) is 9.15 Å². The summed E-state index contributed by atoms with van der Waals surface area (Å²) in [6.07, 6.45) is 1.46. The Balaban J connectivity index is 1.85. The fraction of sp³-hybridized carbons (Fsp3) is 0.368. The molecule has 0 fully saturated rings. The third kappa shape index (κ3) is 6.71. The summed E-state index contributed by atoms with van der Waals surface area (Å²) in [5, 5.41) is 5.41. The van der Waals surface area contributed by atoms with Crippen LogP contribution in [0, 0.1) is 5.92 Å². The average Bonchev–Trinajstić information content (AvgIpc) is 3.11. The van der Waals surface area contributed by atoms with E-state index in [2.05, 4.69) is 10.6 Å². The van der Waals surface area contributed by atoms with E-state index in [1.165, 1.54) is 0 Å². The van der Waals surface area contributed by atoms with E-state index in [0.29, 0.717) is 12.2 Å². The Morgan fingerprint density at radius 1 is 1.12 bits per heavy atom. The minimum atomic E-state index is -0.654. The summed E-state index contributed by atoms with van der Waals surface area (Å²) in [4.78, 5) is 24.4. The number of amides is 2. The van der Waals surface area contributed by atoms with Crippen LogP contribution in [0.2, 0.25) is 0 Å². The van der Waals surface area contributed by atoms with Gasteiger partial charge in [0.2, 0.25) is 5.91 Å². The van der Waals surface area contributed by atoms with Crippen molar-refractivity contribution in [3.8, 4) is 0 Å². The Morgan fingerprint density at radius 3 is 2.52 bits per heavy atom. The molecule has 2 N–H and O–H groups in total. The van der Waals surface area contributed by atoms with Crippen LogP contribution < -0.4 is 10.6 Å². The van der Waals surface area contributed by atoms with Crippen LogP contribution in [-0.2, 0) is 22.7 Å². The molecule has 2 amide bonds. The van der Waals surface area contributed by atoms with E-state index >= 15 is 0 Å². The number of benzene rings is 1. The van der Waals surface area contributed by atoms with Crippen molar-refractivity contribution in [1.29, 1.82) is 0 Å². The Bertz CT molecular complexity index is 653. The number of hydrogen-bond donors (Lipinski definition) is 2. The van der Waals surface area contributed by atoms with E-state index in [-0.39, 0.29) is 25.0 Å². The molecule has 1 atom stereocenters. The Kier molecular flexibility index (Phi) is 7.07. The van der Waals surface area contributed by atoms with Gasteiger partial charge in [0.15, 0.2) is 0 Å². The highest BCUT2D eigenvalue weighted by Crippen LogP contribution is 2.07. The molecule has 0 radical (unpaired) electrons. The first kappa shape index (κ1) is 18.6. The summed E-state index contributed by atoms with van der Waals surface area (Å²) < 4.78 is 10.4. The second-order valence-corrected chi connectivity index (χ2v) is 6.19. The van der Waals surface area contributed by atoms with Crippen LogP contribution in [0.4, 0.5) is 4.79 Å². The molecule has 0 saturated heterocycles. The lowest BCUT2D eigenvalue weighted by molar-refractivity contribution is -0.123. The molecule has 6 nitrogen and oxygen atoms in total. The van der Waals surface area contributed by atoms with Crippen molar-refractivity contribution in [1.82, 2.24) is 10.6 Å². The van der Waals surface area contributed by atoms with Crippen molar-refractivity contribution in [2.45, 2.75) is 39.5 Å². The van der Waals surface area contributed by atoms with Gasteiger partial charge in [0.1, 0.15) is 18.4 Å². The number of ether oxygens (including phenoxy) is 1. The smallest absolute Gasteiger partial charge is 0.408 e. The van der Waals surface area contributed by atoms with Crippen LogP contribution in [0.25, 0.3) is 0 Å². The normalized spacial score (nSPS) is 11.8. The van der Waals surface area contributed by atoms with Crippen LogP contribution in [-0.4, -0.2) is 18.0 Å². The molecular formula is C19H24N2O4. The van der Waals surface area contributed by atoms with E-state index in [0.717, 1.165) is 5.56 Å². The standard InChI is InChI=1S/C19H24N2O4/c1-14(2)11-17(18(22)20-12-16-9-6-10-24-16)21-19(23)25-13-15-7-4-3-5-8-15/h3-10,14,17H,11-13H2,1-2H3,(H,20,22)(H,21,23)/t17-/m0/s1. The molecule has 2 aromatic rings. The first-order valence-corrected chi connectivity index (χ1v) is 8.32. The fourth-order valence-electron chi connectivity index (χ4n) is 2.32. The van der Waals surface area contributed by atoms with Crippen molar-refractivity contribution in [3.63, 3.8) is 0 Å². The maximum atomic E-state index is 12.4. The zero-order valence-electron chi connectivity index (χ0n) is 14.5. The van der Waals surface area contributed by atoms with Crippen LogP contribution in [0.5, 0.6) is 0 Å². The van der Waals surface area contributed by atoms with Crippen LogP contribution in [0.3, 0.4) is 0 Å². The van der Waals surface area contributed by atoms with Gasteiger partial charge in [-0.05, 0) is 30.0 Å². The fourth-order valence-corrected chi connectivity index (χ4v) is 2.32. The van der Waals surface area contributed by atoms with Crippen LogP contribution >= 0.6 is 0 Å². The van der Waals surface area contributed by atoms with Gasteiger partial charge >= 0.3 is 6.09 Å². The van der Waals surface area contributed by atoms with Gasteiger partial charge in [0, 0.05) is 0 Å². The third-order valence-electron chi connectivity index (χ3n) is 3.55. The highest BCUT2D eigenvalue weighted by Gasteiger charge is 2.22. The monoisotopic (exact) mass is 344 g/mol. The Labute approximate surface area is 147 Å². The molecule has 25 heavy (non-hydrogen) atoms. The van der Waals surface area contributed by atoms with Crippen molar-refractivity contribution < 1.29 is 18.7 Å². The molecule has 1 aromatic heterocycles. The van der Waals surface area contributed by atoms with E-state index < -0.39 is 12.1 Å². The molecule has 0 bridgehead atoms. The van der Waals surface area contributed by atoms with Gasteiger partial charge < -0.3 is 19.8 Å². The number of furan rings is 1. The summed E-state index contributed by atoms with van der Waals surface area (Å²) in [5.74, 6) is 0.638.